The van der Waals surface area contributed by atoms with Gasteiger partial charge in [-0.05, 0) is 18.6 Å². The number of nitrogens with one attached hydrogen (secondary N) is 1. The fraction of sp³-hybridized carbons (Fsp3) is 0.312. The number of hydrogen-bond acceptors (Lipinski definition) is 3. The number of imidazole rings is 1. The Labute approximate surface area is 144 Å². The van der Waals surface area contributed by atoms with Crippen LogP contribution in [0.25, 0.3) is 11.2 Å². The molecule has 0 amide bonds. The molecule has 0 bridgehead atoms. The summed E-state index contributed by atoms with van der Waals surface area (Å²) in [4.78, 5) is 16.5. The van der Waals surface area contributed by atoms with Gasteiger partial charge in [0.2, 0.25) is 0 Å². The van der Waals surface area contributed by atoms with Gasteiger partial charge in [0.15, 0.2) is 11.1 Å². The zero-order chi connectivity index (χ0) is 16.2. The molecule has 0 saturated carbocycles. The van der Waals surface area contributed by atoms with Gasteiger partial charge < -0.3 is 9.55 Å². The minimum Gasteiger partial charge on any atom is -0.340 e. The predicted molar refractivity (Wildman–Crippen MR) is 92.8 cm³/mol. The second-order valence-electron chi connectivity index (χ2n) is 5.23. The molecular weight excluding hydrogens is 333 g/mol. The Morgan fingerprint density at radius 2 is 2.00 bits per heavy atom. The minimum atomic E-state index is 0.502. The van der Waals surface area contributed by atoms with E-state index in [9.17, 15) is 0 Å². The van der Waals surface area contributed by atoms with Gasteiger partial charge in [-0.1, -0.05) is 42.6 Å². The van der Waals surface area contributed by atoms with Gasteiger partial charge >= 0.3 is 0 Å². The summed E-state index contributed by atoms with van der Waals surface area (Å²) < 4.78 is 1.91. The molecule has 0 aliphatic heterocycles. The van der Waals surface area contributed by atoms with Crippen molar-refractivity contribution in [2.75, 3.05) is 6.54 Å². The van der Waals surface area contributed by atoms with Crippen LogP contribution in [-0.2, 0) is 6.54 Å². The highest BCUT2D eigenvalue weighted by molar-refractivity contribution is 6.35. The average molecular weight is 350 g/mol. The van der Waals surface area contributed by atoms with Crippen LogP contribution in [-0.4, -0.2) is 26.1 Å². The number of halogens is 2. The highest BCUT2D eigenvalue weighted by Gasteiger charge is 2.10. The molecule has 0 radical (unpaired) electrons. The van der Waals surface area contributed by atoms with Crippen molar-refractivity contribution in [3.8, 4) is 0 Å². The number of aromatic nitrogens is 4. The van der Waals surface area contributed by atoms with Gasteiger partial charge in [-0.15, -0.1) is 0 Å². The van der Waals surface area contributed by atoms with Crippen molar-refractivity contribution >= 4 is 34.4 Å². The van der Waals surface area contributed by atoms with Crippen molar-refractivity contribution < 1.29 is 0 Å². The normalized spacial score (nSPS) is 12.2. The molecule has 2 aromatic heterocycles. The molecule has 0 fully saturated rings. The Balaban J connectivity index is 2.02. The summed E-state index contributed by atoms with van der Waals surface area (Å²) in [7, 11) is 0. The Hall–Kier alpha value is -1.85. The molecule has 7 heteroatoms. The molecule has 23 heavy (non-hydrogen) atoms. The van der Waals surface area contributed by atoms with E-state index in [1.54, 1.807) is 12.7 Å². The third-order valence-corrected chi connectivity index (χ3v) is 4.31. The van der Waals surface area contributed by atoms with Gasteiger partial charge in [-0.3, -0.25) is 4.99 Å². The van der Waals surface area contributed by atoms with Crippen LogP contribution in [0.4, 0.5) is 0 Å². The summed E-state index contributed by atoms with van der Waals surface area (Å²) in [5, 5.41) is 1.26. The molecule has 0 unspecified atom stereocenters. The average Bonchev–Trinajstić information content (AvgIpc) is 3.03. The van der Waals surface area contributed by atoms with Crippen LogP contribution >= 0.6 is 23.2 Å². The van der Waals surface area contributed by atoms with Crippen molar-refractivity contribution in [2.24, 2.45) is 4.99 Å². The van der Waals surface area contributed by atoms with Gasteiger partial charge in [0, 0.05) is 22.2 Å². The van der Waals surface area contributed by atoms with Crippen LogP contribution in [0.2, 0.25) is 10.0 Å². The summed E-state index contributed by atoms with van der Waals surface area (Å²) >= 11 is 12.5. The van der Waals surface area contributed by atoms with Crippen LogP contribution in [0, 0.1) is 0 Å². The van der Waals surface area contributed by atoms with E-state index < -0.39 is 0 Å². The monoisotopic (exact) mass is 349 g/mol. The second-order valence-corrected chi connectivity index (χ2v) is 6.05. The summed E-state index contributed by atoms with van der Waals surface area (Å²) in [6.07, 6.45) is 5.53. The van der Waals surface area contributed by atoms with E-state index in [1.165, 1.54) is 0 Å². The van der Waals surface area contributed by atoms with Gasteiger partial charge in [0.1, 0.15) is 5.52 Å². The van der Waals surface area contributed by atoms with Crippen molar-refractivity contribution in [3.63, 3.8) is 0 Å². The van der Waals surface area contributed by atoms with E-state index in [-0.39, 0.29) is 0 Å². The fourth-order valence-corrected chi connectivity index (χ4v) is 2.86. The molecule has 0 atom stereocenters. The molecule has 3 rings (SSSR count). The third-order valence-electron chi connectivity index (χ3n) is 3.60. The van der Waals surface area contributed by atoms with Gasteiger partial charge in [0.05, 0.1) is 19.2 Å². The first kappa shape index (κ1) is 16.0. The van der Waals surface area contributed by atoms with E-state index in [1.807, 2.05) is 22.8 Å². The highest BCUT2D eigenvalue weighted by atomic mass is 35.5. The van der Waals surface area contributed by atoms with Gasteiger partial charge in [0.25, 0.3) is 0 Å². The van der Waals surface area contributed by atoms with Gasteiger partial charge in [-0.2, -0.15) is 0 Å². The molecule has 5 nitrogen and oxygen atoms in total. The quantitative estimate of drug-likeness (QED) is 0.711. The summed E-state index contributed by atoms with van der Waals surface area (Å²) in [5.74, 6) is 0. The number of aromatic amines is 1. The Kier molecular flexibility index (Phi) is 4.98. The minimum absolute atomic E-state index is 0.502. The first-order valence-electron chi connectivity index (χ1n) is 7.52. The zero-order valence-corrected chi connectivity index (χ0v) is 14.3. The van der Waals surface area contributed by atoms with E-state index in [0.29, 0.717) is 22.1 Å². The zero-order valence-electron chi connectivity index (χ0n) is 12.8. The number of H-pyrrole nitrogens is 1. The lowest BCUT2D eigenvalue weighted by Crippen LogP contribution is -2.15. The van der Waals surface area contributed by atoms with Crippen molar-refractivity contribution in [3.05, 3.63) is 52.0 Å². The maximum absolute atomic E-state index is 6.26. The number of rotatable bonds is 5. The van der Waals surface area contributed by atoms with Crippen LogP contribution in [0.3, 0.4) is 0 Å². The number of hydrogen-bond donors (Lipinski definition) is 1. The lowest BCUT2D eigenvalue weighted by molar-refractivity contribution is 0.765. The molecule has 3 aromatic rings. The Morgan fingerprint density at radius 1 is 1.22 bits per heavy atom. The fourth-order valence-electron chi connectivity index (χ4n) is 2.35. The Bertz CT molecular complexity index is 861. The smallest absolute Gasteiger partial charge is 0.176 e. The molecular formula is C16H17Cl2N5. The van der Waals surface area contributed by atoms with Crippen LogP contribution in [0.1, 0.15) is 25.3 Å². The SMILES string of the molecule is CCCCN=c1ncn(Cc2c(Cl)cccc2Cl)c2nc[nH]c12. The molecule has 1 aromatic carbocycles. The lowest BCUT2D eigenvalue weighted by atomic mass is 10.2. The summed E-state index contributed by atoms with van der Waals surface area (Å²) in [5.41, 5.74) is 3.15. The van der Waals surface area contributed by atoms with Crippen molar-refractivity contribution in [2.45, 2.75) is 26.3 Å². The lowest BCUT2D eigenvalue weighted by Gasteiger charge is -2.10. The second kappa shape index (κ2) is 7.15. The molecule has 0 aliphatic rings. The maximum Gasteiger partial charge on any atom is 0.176 e. The van der Waals surface area contributed by atoms with Gasteiger partial charge in [-0.25, -0.2) is 9.97 Å². The van der Waals surface area contributed by atoms with Crippen LogP contribution in [0.5, 0.6) is 0 Å². The number of benzene rings is 1. The number of fused-ring (bicyclic) bond motifs is 1. The molecule has 2 heterocycles. The summed E-state index contributed by atoms with van der Waals surface area (Å²) in [6.45, 7) is 3.40. The topological polar surface area (TPSA) is 58.9 Å². The van der Waals surface area contributed by atoms with E-state index in [0.717, 1.165) is 36.1 Å². The maximum atomic E-state index is 6.26. The first-order chi connectivity index (χ1) is 11.2. The largest absolute Gasteiger partial charge is 0.340 e. The highest BCUT2D eigenvalue weighted by Crippen LogP contribution is 2.25. The molecule has 0 spiro atoms. The van der Waals surface area contributed by atoms with E-state index in [2.05, 4.69) is 26.9 Å². The third kappa shape index (κ3) is 3.41. The summed E-state index contributed by atoms with van der Waals surface area (Å²) in [6, 6.07) is 5.48. The Morgan fingerprint density at radius 3 is 2.74 bits per heavy atom. The van der Waals surface area contributed by atoms with E-state index >= 15 is 0 Å². The predicted octanol–water partition coefficient (Wildman–Crippen LogP) is 3.82. The molecule has 120 valence electrons. The standard InChI is InChI=1S/C16H17Cl2N5/c1-2-3-7-19-15-14-16(21-9-20-14)23(10-22-15)8-11-12(17)5-4-6-13(11)18/h4-6,9-10H,2-3,7-8H2,1H3,(H,20,21). The van der Waals surface area contributed by atoms with E-state index in [4.69, 9.17) is 23.2 Å². The first-order valence-corrected chi connectivity index (χ1v) is 8.28. The molecule has 1 N–H and O–H groups in total. The van der Waals surface area contributed by atoms with Crippen molar-refractivity contribution in [1.29, 1.82) is 0 Å². The molecule has 0 saturated heterocycles. The molecule has 0 aliphatic carbocycles. The van der Waals surface area contributed by atoms with Crippen LogP contribution < -0.4 is 5.49 Å². The van der Waals surface area contributed by atoms with Crippen molar-refractivity contribution in [1.82, 2.24) is 19.5 Å². The van der Waals surface area contributed by atoms with Crippen LogP contribution in [0.15, 0.2) is 35.8 Å². The number of nitrogens with zero attached hydrogens (tertiary/aromatic N) is 4. The number of unbranched alkanes of at least 4 members (excludes halogenated alkanes) is 1.